The highest BCUT2D eigenvalue weighted by Crippen LogP contribution is 2.41. The summed E-state index contributed by atoms with van der Waals surface area (Å²) < 4.78 is 30.7. The molecular weight excluding hydrogens is 468 g/mol. The molecule has 0 amide bonds. The Morgan fingerprint density at radius 3 is 1.34 bits per heavy atom. The van der Waals surface area contributed by atoms with E-state index in [0.29, 0.717) is 6.42 Å². The molecule has 0 aliphatic carbocycles. The van der Waals surface area contributed by atoms with Gasteiger partial charge >= 0.3 is 35.8 Å². The predicted molar refractivity (Wildman–Crippen MR) is 112 cm³/mol. The number of hydrogen-bond acceptors (Lipinski definition) is 12. The molecule has 0 saturated carbocycles. The van der Waals surface area contributed by atoms with Crippen LogP contribution in [0.5, 0.6) is 0 Å². The monoisotopic (exact) mass is 498 g/mol. The van der Waals surface area contributed by atoms with Crippen molar-refractivity contribution in [1.29, 1.82) is 0 Å². The van der Waals surface area contributed by atoms with E-state index in [4.69, 9.17) is 23.7 Å². The van der Waals surface area contributed by atoms with Gasteiger partial charge in [0.25, 0.3) is 0 Å². The maximum atomic E-state index is 12.7. The molecule has 9 atom stereocenters. The lowest BCUT2D eigenvalue weighted by Gasteiger charge is -2.29. The van der Waals surface area contributed by atoms with Gasteiger partial charge < -0.3 is 28.4 Å². The standard InChI is InChI=1S/C23H30O12/c1-6-12(30-3)16-10(19(25)34-22(16)28)8-14(32-5)17-11(20(26)35-23(17)29)7-13(31-4)15-9(2)18(24)33-21(15)27/h9-17H,6-8H2,1-5H3. The third-order valence-electron chi connectivity index (χ3n) is 7.29. The molecule has 194 valence electrons. The molecule has 3 heterocycles. The summed E-state index contributed by atoms with van der Waals surface area (Å²) in [5.41, 5.74) is 0. The average molecular weight is 498 g/mol. The minimum absolute atomic E-state index is 0.104. The van der Waals surface area contributed by atoms with Gasteiger partial charge in [0.1, 0.15) is 0 Å². The van der Waals surface area contributed by atoms with Gasteiger partial charge in [-0.3, -0.25) is 28.8 Å². The van der Waals surface area contributed by atoms with E-state index in [0.717, 1.165) is 0 Å². The zero-order valence-corrected chi connectivity index (χ0v) is 20.2. The van der Waals surface area contributed by atoms with E-state index in [1.54, 1.807) is 6.92 Å². The van der Waals surface area contributed by atoms with Crippen molar-refractivity contribution in [3.63, 3.8) is 0 Å². The lowest BCUT2D eigenvalue weighted by atomic mass is 9.76. The van der Waals surface area contributed by atoms with Gasteiger partial charge in [0.05, 0.1) is 53.8 Å². The van der Waals surface area contributed by atoms with Crippen LogP contribution >= 0.6 is 0 Å². The highest BCUT2D eigenvalue weighted by Gasteiger charge is 2.56. The van der Waals surface area contributed by atoms with E-state index in [-0.39, 0.29) is 12.8 Å². The zero-order chi connectivity index (χ0) is 26.0. The Morgan fingerprint density at radius 2 is 0.971 bits per heavy atom. The highest BCUT2D eigenvalue weighted by atomic mass is 16.6. The summed E-state index contributed by atoms with van der Waals surface area (Å²) in [6, 6.07) is 0. The van der Waals surface area contributed by atoms with E-state index >= 15 is 0 Å². The summed E-state index contributed by atoms with van der Waals surface area (Å²) in [6.07, 6.45) is -2.30. The van der Waals surface area contributed by atoms with E-state index in [9.17, 15) is 28.8 Å². The number of carbonyl (C=O) groups is 6. The molecule has 0 spiro atoms. The van der Waals surface area contributed by atoms with Crippen molar-refractivity contribution < 1.29 is 57.2 Å². The van der Waals surface area contributed by atoms with Crippen molar-refractivity contribution in [2.75, 3.05) is 21.3 Å². The van der Waals surface area contributed by atoms with Crippen LogP contribution in [-0.4, -0.2) is 75.5 Å². The first kappa shape index (κ1) is 26.9. The van der Waals surface area contributed by atoms with Crippen molar-refractivity contribution in [3.05, 3.63) is 0 Å². The summed E-state index contributed by atoms with van der Waals surface area (Å²) in [7, 11) is 4.05. The third kappa shape index (κ3) is 5.00. The van der Waals surface area contributed by atoms with Gasteiger partial charge in [0, 0.05) is 21.3 Å². The molecule has 9 unspecified atom stereocenters. The molecule has 0 aromatic rings. The lowest BCUT2D eigenvalue weighted by Crippen LogP contribution is -2.41. The topological polar surface area (TPSA) is 158 Å². The van der Waals surface area contributed by atoms with E-state index < -0.39 is 89.6 Å². The SMILES string of the molecule is CCC(OC)C1C(=O)OC(=O)C1CC(OC)C1C(=O)OC(=O)C1CC(OC)C1C(=O)OC(=O)C1C. The second kappa shape index (κ2) is 10.9. The Hall–Kier alpha value is -2.70. The minimum atomic E-state index is -1.14. The second-order valence-electron chi connectivity index (χ2n) is 9.00. The predicted octanol–water partition coefficient (Wildman–Crippen LogP) is 0.189. The van der Waals surface area contributed by atoms with E-state index in [1.165, 1.54) is 28.3 Å². The Morgan fingerprint density at radius 1 is 0.600 bits per heavy atom. The molecule has 3 fully saturated rings. The number of cyclic esters (lactones) is 6. The smallest absolute Gasteiger partial charge is 0.320 e. The summed E-state index contributed by atoms with van der Waals surface area (Å²) in [4.78, 5) is 74.2. The number of ether oxygens (including phenoxy) is 6. The Labute approximate surface area is 201 Å². The molecule has 3 saturated heterocycles. The van der Waals surface area contributed by atoms with Crippen LogP contribution in [0.4, 0.5) is 0 Å². The van der Waals surface area contributed by atoms with E-state index in [2.05, 4.69) is 4.74 Å². The van der Waals surface area contributed by atoms with Crippen LogP contribution in [-0.2, 0) is 57.2 Å². The van der Waals surface area contributed by atoms with Gasteiger partial charge in [-0.15, -0.1) is 0 Å². The van der Waals surface area contributed by atoms with Crippen LogP contribution in [0.25, 0.3) is 0 Å². The van der Waals surface area contributed by atoms with Crippen molar-refractivity contribution in [3.8, 4) is 0 Å². The fraction of sp³-hybridized carbons (Fsp3) is 0.739. The van der Waals surface area contributed by atoms with Crippen LogP contribution in [0.15, 0.2) is 0 Å². The number of rotatable bonds is 11. The molecule has 35 heavy (non-hydrogen) atoms. The van der Waals surface area contributed by atoms with Gasteiger partial charge in [0.15, 0.2) is 0 Å². The molecule has 12 heteroatoms. The molecule has 3 rings (SSSR count). The molecule has 3 aliphatic heterocycles. The van der Waals surface area contributed by atoms with Crippen molar-refractivity contribution >= 4 is 35.8 Å². The van der Waals surface area contributed by atoms with Gasteiger partial charge in [-0.1, -0.05) is 13.8 Å². The van der Waals surface area contributed by atoms with Gasteiger partial charge in [-0.2, -0.15) is 0 Å². The van der Waals surface area contributed by atoms with Crippen LogP contribution in [0.3, 0.4) is 0 Å². The third-order valence-corrected chi connectivity index (χ3v) is 7.29. The Kier molecular flexibility index (Phi) is 8.39. The summed E-state index contributed by atoms with van der Waals surface area (Å²) in [6.45, 7) is 3.31. The first-order valence-electron chi connectivity index (χ1n) is 11.4. The van der Waals surface area contributed by atoms with Gasteiger partial charge in [-0.25, -0.2) is 0 Å². The van der Waals surface area contributed by atoms with Crippen LogP contribution in [0.2, 0.25) is 0 Å². The summed E-state index contributed by atoms with van der Waals surface area (Å²) in [5.74, 6) is -10.5. The highest BCUT2D eigenvalue weighted by molar-refractivity contribution is 5.99. The fourth-order valence-electron chi connectivity index (χ4n) is 5.35. The number of carbonyl (C=O) groups excluding carboxylic acids is 6. The van der Waals surface area contributed by atoms with Gasteiger partial charge in [-0.05, 0) is 19.3 Å². The maximum Gasteiger partial charge on any atom is 0.320 e. The molecule has 0 bridgehead atoms. The number of hydrogen-bond donors (Lipinski definition) is 0. The molecule has 0 aromatic heterocycles. The molecule has 3 aliphatic rings. The largest absolute Gasteiger partial charge is 0.393 e. The molecule has 0 N–H and O–H groups in total. The van der Waals surface area contributed by atoms with Crippen LogP contribution in [0, 0.1) is 35.5 Å². The maximum absolute atomic E-state index is 12.7. The summed E-state index contributed by atoms with van der Waals surface area (Å²) in [5, 5.41) is 0. The molecule has 0 radical (unpaired) electrons. The Bertz CT molecular complexity index is 893. The summed E-state index contributed by atoms with van der Waals surface area (Å²) >= 11 is 0. The molecule has 12 nitrogen and oxygen atoms in total. The quantitative estimate of drug-likeness (QED) is 0.217. The van der Waals surface area contributed by atoms with Crippen LogP contribution in [0.1, 0.15) is 33.1 Å². The minimum Gasteiger partial charge on any atom is -0.393 e. The number of methoxy groups -OCH3 is 3. The van der Waals surface area contributed by atoms with Crippen molar-refractivity contribution in [1.82, 2.24) is 0 Å². The Balaban J connectivity index is 1.84. The molecule has 0 aromatic carbocycles. The lowest BCUT2D eigenvalue weighted by molar-refractivity contribution is -0.157. The first-order valence-corrected chi connectivity index (χ1v) is 11.4. The second-order valence-corrected chi connectivity index (χ2v) is 9.00. The van der Waals surface area contributed by atoms with Crippen LogP contribution < -0.4 is 0 Å². The number of esters is 6. The average Bonchev–Trinajstić information content (AvgIpc) is 3.35. The normalized spacial score (nSPS) is 33.5. The van der Waals surface area contributed by atoms with Crippen molar-refractivity contribution in [2.45, 2.75) is 51.4 Å². The zero-order valence-electron chi connectivity index (χ0n) is 20.2. The fourth-order valence-corrected chi connectivity index (χ4v) is 5.35. The molecular formula is C23H30O12. The first-order chi connectivity index (χ1) is 16.6. The van der Waals surface area contributed by atoms with Crippen molar-refractivity contribution in [2.24, 2.45) is 35.5 Å². The van der Waals surface area contributed by atoms with E-state index in [1.807, 2.05) is 0 Å². The van der Waals surface area contributed by atoms with Gasteiger partial charge in [0.2, 0.25) is 0 Å².